The molecule has 0 radical (unpaired) electrons. The number of nitrogens with zero attached hydrogens (tertiary/aromatic N) is 2. The molecule has 0 unspecified atom stereocenters. The molecule has 2 amide bonds. The number of fused-ring (bicyclic) bond motifs is 5. The summed E-state index contributed by atoms with van der Waals surface area (Å²) in [5.74, 6) is -1.38. The van der Waals surface area contributed by atoms with Gasteiger partial charge in [-0.15, -0.1) is 0 Å². The van der Waals surface area contributed by atoms with Gasteiger partial charge in [0.1, 0.15) is 17.5 Å². The number of hydrogen-bond acceptors (Lipinski definition) is 9. The molecule has 3 aliphatic heterocycles. The van der Waals surface area contributed by atoms with Gasteiger partial charge in [0.25, 0.3) is 0 Å². The fourth-order valence-electron chi connectivity index (χ4n) is 10.1. The minimum atomic E-state index is -3.93. The number of para-hydroxylation sites is 1. The van der Waals surface area contributed by atoms with Gasteiger partial charge < -0.3 is 14.4 Å². The van der Waals surface area contributed by atoms with Crippen LogP contribution in [0.3, 0.4) is 0 Å². The smallest absolute Gasteiger partial charge is 0.306 e. The van der Waals surface area contributed by atoms with Crippen LogP contribution >= 0.6 is 0 Å². The number of esters is 1. The molecule has 7 aliphatic rings. The third kappa shape index (κ3) is 7.06. The molecule has 12 heteroatoms. The van der Waals surface area contributed by atoms with E-state index in [1.807, 2.05) is 30.4 Å². The molecule has 11 nitrogen and oxygen atoms in total. The number of carbonyl (C=O) groups excluding carboxylic acids is 4. The summed E-state index contributed by atoms with van der Waals surface area (Å²) in [6.07, 6.45) is 16.1. The van der Waals surface area contributed by atoms with Crippen LogP contribution in [0.2, 0.25) is 0 Å². The van der Waals surface area contributed by atoms with E-state index < -0.39 is 43.7 Å². The van der Waals surface area contributed by atoms with Crippen molar-refractivity contribution < 1.29 is 37.1 Å². The molecule has 2 aromatic rings. The number of benzene rings is 1. The average molecular weight is 786 g/mol. The maximum absolute atomic E-state index is 15.0. The number of rotatable bonds is 7. The zero-order valence-corrected chi connectivity index (χ0v) is 33.4. The Hall–Kier alpha value is -3.80. The Kier molecular flexibility index (Phi) is 9.60. The van der Waals surface area contributed by atoms with Gasteiger partial charge in [-0.25, -0.2) is 13.4 Å². The van der Waals surface area contributed by atoms with Crippen molar-refractivity contribution >= 4 is 44.5 Å². The first-order valence-corrected chi connectivity index (χ1v) is 22.7. The van der Waals surface area contributed by atoms with Crippen LogP contribution < -0.4 is 9.46 Å². The molecule has 1 spiro atoms. The molecule has 1 N–H and O–H groups in total. The van der Waals surface area contributed by atoms with E-state index in [4.69, 9.17) is 14.5 Å². The van der Waals surface area contributed by atoms with E-state index in [9.17, 15) is 27.6 Å². The van der Waals surface area contributed by atoms with Crippen molar-refractivity contribution in [2.45, 2.75) is 157 Å². The number of ketones is 1. The number of allylic oxidation sites excluding steroid dienone is 2. The first-order chi connectivity index (χ1) is 26.9. The third-order valence-electron chi connectivity index (χ3n) is 14.2. The first kappa shape index (κ1) is 37.8. The van der Waals surface area contributed by atoms with Gasteiger partial charge in [0, 0.05) is 35.6 Å². The topological polar surface area (TPSA) is 149 Å². The summed E-state index contributed by atoms with van der Waals surface area (Å²) in [5.41, 5.74) is 0.925. The lowest BCUT2D eigenvalue weighted by molar-refractivity contribution is -0.154. The molecule has 300 valence electrons. The summed E-state index contributed by atoms with van der Waals surface area (Å²) >= 11 is 0. The molecule has 1 aromatic heterocycles. The minimum absolute atomic E-state index is 0.0455. The number of hydrogen-bond donors (Lipinski definition) is 1. The molecular weight excluding hydrogens is 731 g/mol. The largest absolute Gasteiger partial charge is 0.483 e. The highest BCUT2D eigenvalue weighted by atomic mass is 32.2. The summed E-state index contributed by atoms with van der Waals surface area (Å²) < 4.78 is 41.0. The monoisotopic (exact) mass is 785 g/mol. The molecule has 1 aromatic carbocycles. The fourth-order valence-corrected chi connectivity index (χ4v) is 11.4. The number of Topliss-reactive ketones (excluding diaryl/α,β-unsaturated/α-hetero) is 1. The Morgan fingerprint density at radius 1 is 0.982 bits per heavy atom. The van der Waals surface area contributed by atoms with E-state index in [0.29, 0.717) is 44.4 Å². The molecule has 4 heterocycles. The average Bonchev–Trinajstić information content (AvgIpc) is 4.14. The van der Waals surface area contributed by atoms with Gasteiger partial charge in [0.2, 0.25) is 21.8 Å². The van der Waals surface area contributed by atoms with Crippen LogP contribution in [-0.2, 0) is 40.4 Å². The van der Waals surface area contributed by atoms with E-state index in [2.05, 4.69) is 10.8 Å². The number of aromatic nitrogens is 1. The van der Waals surface area contributed by atoms with E-state index in [1.165, 1.54) is 0 Å². The van der Waals surface area contributed by atoms with Crippen molar-refractivity contribution in [1.82, 2.24) is 14.6 Å². The zero-order chi connectivity index (χ0) is 38.9. The Labute approximate surface area is 329 Å². The standard InChI is InChI=1S/C44H55N3O8S/c1-42(21-22-42)56(52,53)46-41(51)44-24-30(44)12-6-4-2-3-5-11-29(23-37(49)54-31-13-7-8-14-31)40(50)47-27-43(25-35(47)36(48)26-44)20-19-33-32-15-9-10-16-34(32)45-38(28-17-18-28)39(33)55-43/h6,9-10,12,15-16,28-31,35H,2-5,7-8,11,13-14,17-27H2,1H3,(H,46,51)/b12-6-/t29-,30-,35+,43-,44-/m1/s1. The second-order valence-electron chi connectivity index (χ2n) is 18.4. The lowest BCUT2D eigenvalue weighted by Crippen LogP contribution is -2.48. The van der Waals surface area contributed by atoms with Gasteiger partial charge >= 0.3 is 5.97 Å². The highest BCUT2D eigenvalue weighted by Gasteiger charge is 2.63. The van der Waals surface area contributed by atoms with Crippen LogP contribution in [0.1, 0.15) is 140 Å². The maximum atomic E-state index is 15.0. The predicted octanol–water partition coefficient (Wildman–Crippen LogP) is 6.75. The van der Waals surface area contributed by atoms with Crippen LogP contribution in [0.25, 0.3) is 10.9 Å². The molecular formula is C44H55N3O8S. The molecule has 0 bridgehead atoms. The number of nitrogens with one attached hydrogen (secondary N) is 1. The quantitative estimate of drug-likeness (QED) is 0.238. The molecule has 1 saturated heterocycles. The van der Waals surface area contributed by atoms with Gasteiger partial charge in [0.05, 0.1) is 40.4 Å². The molecule has 4 aliphatic carbocycles. The summed E-state index contributed by atoms with van der Waals surface area (Å²) in [7, 11) is -3.93. The number of pyridine rings is 1. The normalized spacial score (nSPS) is 32.4. The van der Waals surface area contributed by atoms with Crippen molar-refractivity contribution in [3.63, 3.8) is 0 Å². The van der Waals surface area contributed by atoms with Gasteiger partial charge in [-0.2, -0.15) is 0 Å². The van der Waals surface area contributed by atoms with Crippen LogP contribution in [0.5, 0.6) is 5.75 Å². The SMILES string of the molecule is CC1(S(=O)(=O)NC(=O)[C@]23CC(=O)[C@@H]4C[C@]5(CCc6c(c(C7CC7)nc7ccccc67)O5)CN4C(=O)[C@@H](CC(=O)OC4CCCC4)CCCCC/C=C\[C@@H]2C3)CC1. The van der Waals surface area contributed by atoms with E-state index >= 15 is 0 Å². The predicted molar refractivity (Wildman–Crippen MR) is 209 cm³/mol. The number of sulfonamides is 1. The summed E-state index contributed by atoms with van der Waals surface area (Å²) in [4.78, 5) is 64.0. The van der Waals surface area contributed by atoms with Crippen LogP contribution in [0.15, 0.2) is 36.4 Å². The second kappa shape index (κ2) is 14.2. The van der Waals surface area contributed by atoms with Gasteiger partial charge in [-0.05, 0) is 109 Å². The van der Waals surface area contributed by atoms with Crippen molar-refractivity contribution in [3.8, 4) is 5.75 Å². The Morgan fingerprint density at radius 2 is 1.75 bits per heavy atom. The Bertz CT molecular complexity index is 2090. The number of amides is 2. The van der Waals surface area contributed by atoms with Crippen LogP contribution in [0, 0.1) is 17.3 Å². The van der Waals surface area contributed by atoms with Gasteiger partial charge in [0.15, 0.2) is 5.78 Å². The van der Waals surface area contributed by atoms with Crippen molar-refractivity contribution in [3.05, 3.63) is 47.7 Å². The van der Waals surface area contributed by atoms with E-state index in [0.717, 1.165) is 92.1 Å². The van der Waals surface area contributed by atoms with Crippen molar-refractivity contribution in [2.75, 3.05) is 6.54 Å². The third-order valence-corrected chi connectivity index (χ3v) is 16.4. The number of ether oxygens (including phenoxy) is 2. The highest BCUT2D eigenvalue weighted by Crippen LogP contribution is 2.58. The maximum Gasteiger partial charge on any atom is 0.306 e. The van der Waals surface area contributed by atoms with E-state index in [-0.39, 0.29) is 55.5 Å². The van der Waals surface area contributed by atoms with Gasteiger partial charge in [-0.1, -0.05) is 43.2 Å². The van der Waals surface area contributed by atoms with Crippen molar-refractivity contribution in [1.29, 1.82) is 0 Å². The lowest BCUT2D eigenvalue weighted by atomic mass is 9.85. The molecule has 56 heavy (non-hydrogen) atoms. The molecule has 5 atom stereocenters. The Morgan fingerprint density at radius 3 is 2.52 bits per heavy atom. The van der Waals surface area contributed by atoms with E-state index in [1.54, 1.807) is 11.8 Å². The first-order valence-electron chi connectivity index (χ1n) is 21.3. The summed E-state index contributed by atoms with van der Waals surface area (Å²) in [6.45, 7) is 1.82. The number of carbonyl (C=O) groups is 4. The second-order valence-corrected chi connectivity index (χ2v) is 20.6. The lowest BCUT2D eigenvalue weighted by Gasteiger charge is -2.37. The zero-order valence-electron chi connectivity index (χ0n) is 32.6. The van der Waals surface area contributed by atoms with Crippen LogP contribution in [-0.4, -0.2) is 70.9 Å². The Balaban J connectivity index is 1.05. The summed E-state index contributed by atoms with van der Waals surface area (Å²) in [5, 5.41) is 1.05. The summed E-state index contributed by atoms with van der Waals surface area (Å²) in [6, 6.07) is 7.23. The van der Waals surface area contributed by atoms with Crippen LogP contribution in [0.4, 0.5) is 0 Å². The van der Waals surface area contributed by atoms with Gasteiger partial charge in [-0.3, -0.25) is 23.9 Å². The highest BCUT2D eigenvalue weighted by molar-refractivity contribution is 7.91. The fraction of sp³-hybridized carbons (Fsp3) is 0.659. The van der Waals surface area contributed by atoms with Crippen molar-refractivity contribution in [2.24, 2.45) is 17.3 Å². The molecule has 9 rings (SSSR count). The molecule has 4 saturated carbocycles. The minimum Gasteiger partial charge on any atom is -0.483 e. The number of aryl methyl sites for hydroxylation is 1. The molecule has 5 fully saturated rings.